The Bertz CT molecular complexity index is 185. The van der Waals surface area contributed by atoms with Crippen molar-refractivity contribution in [2.75, 3.05) is 13.2 Å². The second kappa shape index (κ2) is 9.76. The van der Waals surface area contributed by atoms with Gasteiger partial charge in [-0.25, -0.2) is 9.78 Å². The normalized spacial score (nSPS) is 14.2. The zero-order chi connectivity index (χ0) is 14.0. The van der Waals surface area contributed by atoms with Gasteiger partial charge in [-0.05, 0) is 18.8 Å². The van der Waals surface area contributed by atoms with E-state index < -0.39 is 0 Å². The van der Waals surface area contributed by atoms with Crippen LogP contribution in [0.25, 0.3) is 0 Å². The third kappa shape index (κ3) is 9.86. The van der Waals surface area contributed by atoms with E-state index in [-0.39, 0.29) is 11.7 Å². The van der Waals surface area contributed by atoms with Crippen LogP contribution in [0.1, 0.15) is 67.2 Å². The standard InChI is InChI=1S/C15H32O3/c1-7-8-9-11-17-18-14(15(4,5)6)16-12-10-13(2)3/h13-14H,7-12H2,1-6H3. The molecule has 0 aromatic heterocycles. The number of unbranched alkanes of at least 4 members (excludes halogenated alkanes) is 2. The molecular weight excluding hydrogens is 228 g/mol. The lowest BCUT2D eigenvalue weighted by Crippen LogP contribution is -2.33. The average molecular weight is 260 g/mol. The van der Waals surface area contributed by atoms with Crippen molar-refractivity contribution in [2.24, 2.45) is 11.3 Å². The van der Waals surface area contributed by atoms with Crippen molar-refractivity contribution in [1.82, 2.24) is 0 Å². The Labute approximate surface area is 113 Å². The number of rotatable bonds is 10. The molecule has 0 N–H and O–H groups in total. The fourth-order valence-electron chi connectivity index (χ4n) is 1.35. The van der Waals surface area contributed by atoms with E-state index in [1.54, 1.807) is 0 Å². The molecule has 0 rings (SSSR count). The van der Waals surface area contributed by atoms with Crippen LogP contribution in [0.4, 0.5) is 0 Å². The molecule has 0 fully saturated rings. The molecule has 0 aliphatic heterocycles. The Morgan fingerprint density at radius 3 is 2.17 bits per heavy atom. The van der Waals surface area contributed by atoms with Crippen LogP contribution in [-0.2, 0) is 14.5 Å². The summed E-state index contributed by atoms with van der Waals surface area (Å²) in [6.07, 6.45) is 4.16. The minimum Gasteiger partial charge on any atom is -0.349 e. The zero-order valence-electron chi connectivity index (χ0n) is 13.1. The van der Waals surface area contributed by atoms with Crippen molar-refractivity contribution >= 4 is 0 Å². The maximum atomic E-state index is 5.78. The van der Waals surface area contributed by atoms with Crippen molar-refractivity contribution in [3.8, 4) is 0 Å². The summed E-state index contributed by atoms with van der Waals surface area (Å²) in [6, 6.07) is 0. The summed E-state index contributed by atoms with van der Waals surface area (Å²) in [5, 5.41) is 0. The summed E-state index contributed by atoms with van der Waals surface area (Å²) in [6.45, 7) is 14.2. The van der Waals surface area contributed by atoms with Crippen LogP contribution >= 0.6 is 0 Å². The van der Waals surface area contributed by atoms with Gasteiger partial charge in [0.2, 0.25) is 0 Å². The van der Waals surface area contributed by atoms with Gasteiger partial charge in [0.1, 0.15) is 0 Å². The average Bonchev–Trinajstić information content (AvgIpc) is 2.24. The van der Waals surface area contributed by atoms with E-state index in [1.807, 2.05) is 0 Å². The van der Waals surface area contributed by atoms with Crippen LogP contribution in [-0.4, -0.2) is 19.5 Å². The first-order valence-corrected chi connectivity index (χ1v) is 7.27. The molecule has 0 heterocycles. The Balaban J connectivity index is 3.86. The fraction of sp³-hybridized carbons (Fsp3) is 1.00. The van der Waals surface area contributed by atoms with Crippen LogP contribution in [0.3, 0.4) is 0 Å². The monoisotopic (exact) mass is 260 g/mol. The van der Waals surface area contributed by atoms with Crippen LogP contribution in [0.15, 0.2) is 0 Å². The first kappa shape index (κ1) is 17.9. The summed E-state index contributed by atoms with van der Waals surface area (Å²) in [7, 11) is 0. The Morgan fingerprint density at radius 1 is 1.00 bits per heavy atom. The van der Waals surface area contributed by atoms with Crippen LogP contribution in [0, 0.1) is 11.3 Å². The molecule has 110 valence electrons. The summed E-state index contributed by atoms with van der Waals surface area (Å²) in [5.74, 6) is 0.649. The summed E-state index contributed by atoms with van der Waals surface area (Å²) in [5.41, 5.74) is -0.0677. The van der Waals surface area contributed by atoms with E-state index in [2.05, 4.69) is 41.5 Å². The van der Waals surface area contributed by atoms with E-state index in [4.69, 9.17) is 14.5 Å². The highest BCUT2D eigenvalue weighted by Gasteiger charge is 2.27. The third-order valence-corrected chi connectivity index (χ3v) is 2.66. The van der Waals surface area contributed by atoms with Crippen LogP contribution in [0.2, 0.25) is 0 Å². The highest BCUT2D eigenvalue weighted by Crippen LogP contribution is 2.24. The molecule has 0 aliphatic rings. The van der Waals surface area contributed by atoms with Gasteiger partial charge in [0.15, 0.2) is 6.29 Å². The predicted octanol–water partition coefficient (Wildman–Crippen LogP) is 4.56. The summed E-state index contributed by atoms with van der Waals surface area (Å²) in [4.78, 5) is 10.7. The van der Waals surface area contributed by atoms with E-state index in [0.29, 0.717) is 12.5 Å². The lowest BCUT2D eigenvalue weighted by atomic mass is 9.96. The number of hydrogen-bond donors (Lipinski definition) is 0. The molecule has 0 amide bonds. The topological polar surface area (TPSA) is 27.7 Å². The van der Waals surface area contributed by atoms with Crippen molar-refractivity contribution in [3.05, 3.63) is 0 Å². The molecule has 0 aliphatic carbocycles. The molecule has 1 atom stereocenters. The lowest BCUT2D eigenvalue weighted by Gasteiger charge is -2.29. The quantitative estimate of drug-likeness (QED) is 0.249. The molecule has 1 unspecified atom stereocenters. The highest BCUT2D eigenvalue weighted by molar-refractivity contribution is 4.65. The van der Waals surface area contributed by atoms with Crippen molar-refractivity contribution in [1.29, 1.82) is 0 Å². The molecule has 0 saturated heterocycles. The molecule has 3 heteroatoms. The fourth-order valence-corrected chi connectivity index (χ4v) is 1.35. The maximum Gasteiger partial charge on any atom is 0.196 e. The summed E-state index contributed by atoms with van der Waals surface area (Å²) < 4.78 is 5.78. The smallest absolute Gasteiger partial charge is 0.196 e. The lowest BCUT2D eigenvalue weighted by molar-refractivity contribution is -0.399. The van der Waals surface area contributed by atoms with Gasteiger partial charge in [-0.2, -0.15) is 0 Å². The largest absolute Gasteiger partial charge is 0.349 e. The Morgan fingerprint density at radius 2 is 1.67 bits per heavy atom. The van der Waals surface area contributed by atoms with E-state index in [9.17, 15) is 0 Å². The Hall–Kier alpha value is -0.120. The van der Waals surface area contributed by atoms with Crippen molar-refractivity contribution < 1.29 is 14.5 Å². The molecule has 3 nitrogen and oxygen atoms in total. The zero-order valence-corrected chi connectivity index (χ0v) is 13.1. The first-order chi connectivity index (χ1) is 8.38. The molecular formula is C15H32O3. The van der Waals surface area contributed by atoms with Crippen LogP contribution in [0.5, 0.6) is 0 Å². The van der Waals surface area contributed by atoms with Crippen molar-refractivity contribution in [3.63, 3.8) is 0 Å². The van der Waals surface area contributed by atoms with Gasteiger partial charge in [0, 0.05) is 5.41 Å². The minimum absolute atomic E-state index is 0.0677. The first-order valence-electron chi connectivity index (χ1n) is 7.27. The second-order valence-electron chi connectivity index (χ2n) is 6.38. The molecule has 0 spiro atoms. The third-order valence-electron chi connectivity index (χ3n) is 2.66. The number of ether oxygens (including phenoxy) is 1. The summed E-state index contributed by atoms with van der Waals surface area (Å²) >= 11 is 0. The number of hydrogen-bond acceptors (Lipinski definition) is 3. The molecule has 0 saturated carbocycles. The van der Waals surface area contributed by atoms with Gasteiger partial charge in [-0.1, -0.05) is 54.4 Å². The van der Waals surface area contributed by atoms with Gasteiger partial charge in [0.05, 0.1) is 13.2 Å². The molecule has 18 heavy (non-hydrogen) atoms. The van der Waals surface area contributed by atoms with E-state index in [0.717, 1.165) is 19.4 Å². The Kier molecular flexibility index (Phi) is 9.70. The van der Waals surface area contributed by atoms with Gasteiger partial charge in [0.25, 0.3) is 0 Å². The SMILES string of the molecule is CCCCCOOC(OCCC(C)C)C(C)(C)C. The van der Waals surface area contributed by atoms with Crippen LogP contribution < -0.4 is 0 Å². The van der Waals surface area contributed by atoms with E-state index >= 15 is 0 Å². The van der Waals surface area contributed by atoms with Crippen molar-refractivity contribution in [2.45, 2.75) is 73.5 Å². The maximum absolute atomic E-state index is 5.78. The molecule has 0 radical (unpaired) electrons. The minimum atomic E-state index is -0.294. The van der Waals surface area contributed by atoms with Gasteiger partial charge in [-0.3, -0.25) is 0 Å². The van der Waals surface area contributed by atoms with Gasteiger partial charge < -0.3 is 4.74 Å². The predicted molar refractivity (Wildman–Crippen MR) is 75.2 cm³/mol. The van der Waals surface area contributed by atoms with E-state index in [1.165, 1.54) is 12.8 Å². The molecule has 0 aromatic rings. The molecule has 0 bridgehead atoms. The second-order valence-corrected chi connectivity index (χ2v) is 6.38. The van der Waals surface area contributed by atoms with Gasteiger partial charge >= 0.3 is 0 Å². The van der Waals surface area contributed by atoms with Gasteiger partial charge in [-0.15, -0.1) is 0 Å². The highest BCUT2D eigenvalue weighted by atomic mass is 17.2. The molecule has 0 aromatic carbocycles.